The molecule has 0 spiro atoms. The Kier molecular flexibility index (Phi) is 5.49. The molecule has 0 aliphatic carbocycles. The Morgan fingerprint density at radius 1 is 1.55 bits per heavy atom. The summed E-state index contributed by atoms with van der Waals surface area (Å²) in [6, 6.07) is 3.24. The summed E-state index contributed by atoms with van der Waals surface area (Å²) in [6.07, 6.45) is 4.68. The molecule has 22 heavy (non-hydrogen) atoms. The van der Waals surface area contributed by atoms with Gasteiger partial charge in [-0.25, -0.2) is 8.42 Å². The minimum Gasteiger partial charge on any atom is -0.351 e. The van der Waals surface area contributed by atoms with E-state index in [4.69, 9.17) is 0 Å². The van der Waals surface area contributed by atoms with E-state index in [1.165, 1.54) is 25.5 Å². The number of nitrogens with zero attached hydrogens (tertiary/aromatic N) is 2. The quantitative estimate of drug-likeness (QED) is 0.792. The number of piperidine rings is 1. The molecule has 1 saturated heterocycles. The molecule has 1 aliphatic rings. The summed E-state index contributed by atoms with van der Waals surface area (Å²) in [6.45, 7) is 2.75. The van der Waals surface area contributed by atoms with Crippen molar-refractivity contribution in [2.75, 3.05) is 20.1 Å². The van der Waals surface area contributed by atoms with Crippen LogP contribution in [0.3, 0.4) is 0 Å². The van der Waals surface area contributed by atoms with E-state index in [1.807, 2.05) is 6.92 Å². The Balaban J connectivity index is 1.96. The highest BCUT2D eigenvalue weighted by molar-refractivity contribution is 7.89. The van der Waals surface area contributed by atoms with Gasteiger partial charge in [0.05, 0.1) is 6.54 Å². The van der Waals surface area contributed by atoms with Crippen LogP contribution in [0.5, 0.6) is 0 Å². The van der Waals surface area contributed by atoms with Crippen LogP contribution in [0.4, 0.5) is 0 Å². The Morgan fingerprint density at radius 2 is 2.32 bits per heavy atom. The summed E-state index contributed by atoms with van der Waals surface area (Å²) in [4.78, 5) is 16.0. The van der Waals surface area contributed by atoms with Crippen molar-refractivity contribution in [1.29, 1.82) is 0 Å². The van der Waals surface area contributed by atoms with Gasteiger partial charge < -0.3 is 10.6 Å². The van der Waals surface area contributed by atoms with Crippen molar-refractivity contribution in [3.05, 3.63) is 24.5 Å². The number of aromatic nitrogens is 1. The lowest BCUT2D eigenvalue weighted by Gasteiger charge is -2.31. The largest absolute Gasteiger partial charge is 0.351 e. The van der Waals surface area contributed by atoms with Crippen LogP contribution in [0.1, 0.15) is 19.8 Å². The van der Waals surface area contributed by atoms with Gasteiger partial charge in [-0.1, -0.05) is 0 Å². The second-order valence-corrected chi connectivity index (χ2v) is 7.55. The van der Waals surface area contributed by atoms with Gasteiger partial charge in [-0.2, -0.15) is 4.31 Å². The lowest BCUT2D eigenvalue weighted by Crippen LogP contribution is -2.53. The lowest BCUT2D eigenvalue weighted by molar-refractivity contribution is -0.122. The summed E-state index contributed by atoms with van der Waals surface area (Å²) < 4.78 is 25.7. The van der Waals surface area contributed by atoms with Crippen LogP contribution in [0, 0.1) is 0 Å². The predicted molar refractivity (Wildman–Crippen MR) is 82.7 cm³/mol. The van der Waals surface area contributed by atoms with Gasteiger partial charge in [0.2, 0.25) is 15.9 Å². The van der Waals surface area contributed by atoms with Crippen molar-refractivity contribution in [2.45, 2.75) is 36.7 Å². The first-order valence-corrected chi connectivity index (χ1v) is 8.74. The number of nitrogens with one attached hydrogen (secondary N) is 2. The van der Waals surface area contributed by atoms with E-state index in [9.17, 15) is 13.2 Å². The van der Waals surface area contributed by atoms with Gasteiger partial charge in [0.25, 0.3) is 0 Å². The Morgan fingerprint density at radius 3 is 2.95 bits per heavy atom. The first-order chi connectivity index (χ1) is 10.4. The maximum absolute atomic E-state index is 12.3. The highest BCUT2D eigenvalue weighted by Crippen LogP contribution is 2.12. The van der Waals surface area contributed by atoms with Crippen LogP contribution < -0.4 is 10.6 Å². The van der Waals surface area contributed by atoms with Gasteiger partial charge in [0.1, 0.15) is 4.90 Å². The average Bonchev–Trinajstić information content (AvgIpc) is 2.50. The number of likely N-dealkylation sites (N-methyl/N-ethyl adjacent to an activating group) is 1. The molecule has 0 bridgehead atoms. The number of carbonyl (C=O) groups is 1. The molecule has 1 fully saturated rings. The number of pyridine rings is 1. The molecular weight excluding hydrogens is 304 g/mol. The molecule has 1 aromatic rings. The molecule has 1 amide bonds. The van der Waals surface area contributed by atoms with Crippen molar-refractivity contribution in [3.8, 4) is 0 Å². The zero-order valence-electron chi connectivity index (χ0n) is 12.8. The molecule has 2 rings (SSSR count). The summed E-state index contributed by atoms with van der Waals surface area (Å²) in [5.41, 5.74) is 0. The van der Waals surface area contributed by atoms with Gasteiger partial charge in [-0.05, 0) is 38.4 Å². The van der Waals surface area contributed by atoms with Gasteiger partial charge in [0, 0.05) is 31.5 Å². The van der Waals surface area contributed by atoms with Crippen molar-refractivity contribution in [1.82, 2.24) is 19.9 Å². The Bertz CT molecular complexity index is 606. The van der Waals surface area contributed by atoms with E-state index in [2.05, 4.69) is 15.6 Å². The molecular formula is C14H22N4O3S. The van der Waals surface area contributed by atoms with E-state index in [0.29, 0.717) is 0 Å². The third-order valence-electron chi connectivity index (χ3n) is 3.82. The van der Waals surface area contributed by atoms with Gasteiger partial charge >= 0.3 is 0 Å². The van der Waals surface area contributed by atoms with Crippen molar-refractivity contribution >= 4 is 15.9 Å². The molecule has 2 N–H and O–H groups in total. The monoisotopic (exact) mass is 326 g/mol. The average molecular weight is 326 g/mol. The maximum atomic E-state index is 12.3. The zero-order chi connectivity index (χ0) is 16.2. The number of carbonyl (C=O) groups excluding carboxylic acids is 1. The maximum Gasteiger partial charge on any atom is 0.244 e. The highest BCUT2D eigenvalue weighted by Gasteiger charge is 2.26. The summed E-state index contributed by atoms with van der Waals surface area (Å²) >= 11 is 0. The molecule has 0 saturated carbocycles. The van der Waals surface area contributed by atoms with E-state index >= 15 is 0 Å². The van der Waals surface area contributed by atoms with Crippen molar-refractivity contribution in [2.24, 2.45) is 0 Å². The van der Waals surface area contributed by atoms with E-state index in [-0.39, 0.29) is 29.4 Å². The SMILES string of the molecule is CC1NCCCC1NC(=O)CN(C)S(=O)(=O)c1cccnc1. The number of hydrogen-bond acceptors (Lipinski definition) is 5. The van der Waals surface area contributed by atoms with Gasteiger partial charge in [-0.15, -0.1) is 0 Å². The number of sulfonamides is 1. The van der Waals surface area contributed by atoms with Crippen LogP contribution >= 0.6 is 0 Å². The zero-order valence-corrected chi connectivity index (χ0v) is 13.6. The molecule has 7 nitrogen and oxygen atoms in total. The smallest absolute Gasteiger partial charge is 0.244 e. The lowest BCUT2D eigenvalue weighted by atomic mass is 10.00. The standard InChI is InChI=1S/C14H22N4O3S/c1-11-13(6-4-8-16-11)17-14(19)10-18(2)22(20,21)12-5-3-7-15-9-12/h3,5,7,9,11,13,16H,4,6,8,10H2,1-2H3,(H,17,19). The fourth-order valence-electron chi connectivity index (χ4n) is 2.46. The summed E-state index contributed by atoms with van der Waals surface area (Å²) in [5.74, 6) is -0.296. The molecule has 1 aliphatic heterocycles. The normalized spacial score (nSPS) is 22.5. The van der Waals surface area contributed by atoms with E-state index < -0.39 is 10.0 Å². The van der Waals surface area contributed by atoms with Crippen LogP contribution in [-0.4, -0.2) is 55.8 Å². The van der Waals surface area contributed by atoms with Crippen LogP contribution in [-0.2, 0) is 14.8 Å². The van der Waals surface area contributed by atoms with E-state index in [0.717, 1.165) is 23.7 Å². The minimum absolute atomic E-state index is 0.0377. The fraction of sp³-hybridized carbons (Fsp3) is 0.571. The van der Waals surface area contributed by atoms with Crippen molar-refractivity contribution < 1.29 is 13.2 Å². The number of amides is 1. The van der Waals surface area contributed by atoms with Crippen molar-refractivity contribution in [3.63, 3.8) is 0 Å². The minimum atomic E-state index is -3.69. The van der Waals surface area contributed by atoms with E-state index in [1.54, 1.807) is 6.07 Å². The van der Waals surface area contributed by atoms with Crippen LogP contribution in [0.25, 0.3) is 0 Å². The first kappa shape index (κ1) is 16.9. The summed E-state index contributed by atoms with van der Waals surface area (Å²) in [5, 5.41) is 6.19. The third-order valence-corrected chi connectivity index (χ3v) is 5.60. The fourth-order valence-corrected chi connectivity index (χ4v) is 3.55. The van der Waals surface area contributed by atoms with Gasteiger partial charge in [-0.3, -0.25) is 9.78 Å². The Labute approximate surface area is 131 Å². The first-order valence-electron chi connectivity index (χ1n) is 7.30. The van der Waals surface area contributed by atoms with Gasteiger partial charge in [0.15, 0.2) is 0 Å². The predicted octanol–water partition coefficient (Wildman–Crippen LogP) is -0.0412. The molecule has 0 aromatic carbocycles. The third kappa shape index (κ3) is 4.02. The Hall–Kier alpha value is -1.51. The molecule has 0 radical (unpaired) electrons. The second-order valence-electron chi connectivity index (χ2n) is 5.51. The molecule has 122 valence electrons. The number of hydrogen-bond donors (Lipinski definition) is 2. The summed E-state index contributed by atoms with van der Waals surface area (Å²) in [7, 11) is -2.30. The molecule has 1 aromatic heterocycles. The molecule has 2 unspecified atom stereocenters. The van der Waals surface area contributed by atoms with Crippen LogP contribution in [0.2, 0.25) is 0 Å². The molecule has 2 atom stereocenters. The highest BCUT2D eigenvalue weighted by atomic mass is 32.2. The topological polar surface area (TPSA) is 91.4 Å². The number of rotatable bonds is 5. The molecule has 8 heteroatoms. The van der Waals surface area contributed by atoms with Crippen LogP contribution in [0.15, 0.2) is 29.4 Å². The molecule has 2 heterocycles. The second kappa shape index (κ2) is 7.17.